The van der Waals surface area contributed by atoms with Crippen LogP contribution in [0.5, 0.6) is 6.01 Å². The predicted octanol–water partition coefficient (Wildman–Crippen LogP) is 2.69. The molecule has 0 N–H and O–H groups in total. The van der Waals surface area contributed by atoms with Crippen molar-refractivity contribution in [2.45, 2.75) is 45.6 Å². The zero-order chi connectivity index (χ0) is 13.0. The summed E-state index contributed by atoms with van der Waals surface area (Å²) in [7, 11) is 0. The summed E-state index contributed by atoms with van der Waals surface area (Å²) in [6, 6.07) is 0.826. The Bertz CT molecular complexity index is 396. The minimum Gasteiger partial charge on any atom is -0.464 e. The Morgan fingerprint density at radius 3 is 2.56 bits per heavy atom. The molecule has 1 fully saturated rings. The fourth-order valence-corrected chi connectivity index (χ4v) is 2.57. The maximum atomic E-state index is 5.92. The molecule has 0 amide bonds. The van der Waals surface area contributed by atoms with E-state index >= 15 is 0 Å². The summed E-state index contributed by atoms with van der Waals surface area (Å²) in [5.41, 5.74) is 0. The van der Waals surface area contributed by atoms with Crippen molar-refractivity contribution in [2.24, 2.45) is 0 Å². The highest BCUT2D eigenvalue weighted by Crippen LogP contribution is 2.27. The van der Waals surface area contributed by atoms with Crippen LogP contribution in [-0.4, -0.2) is 34.1 Å². The Morgan fingerprint density at radius 1 is 1.22 bits per heavy atom. The third-order valence-electron chi connectivity index (χ3n) is 3.21. The first kappa shape index (κ1) is 13.3. The molecule has 1 heterocycles. The van der Waals surface area contributed by atoms with E-state index in [1.54, 1.807) is 0 Å². The van der Waals surface area contributed by atoms with Gasteiger partial charge in [-0.3, -0.25) is 0 Å². The maximum Gasteiger partial charge on any atom is 0.322 e. The molecule has 1 aliphatic carbocycles. The highest BCUT2D eigenvalue weighted by atomic mass is 35.5. The molecule has 1 aromatic heterocycles. The molecule has 6 heteroatoms. The van der Waals surface area contributed by atoms with Crippen LogP contribution in [0.1, 0.15) is 39.5 Å². The number of aromatic nitrogens is 3. The van der Waals surface area contributed by atoms with Crippen LogP contribution in [0.25, 0.3) is 0 Å². The van der Waals surface area contributed by atoms with Crippen LogP contribution in [0.3, 0.4) is 0 Å². The molecule has 0 unspecified atom stereocenters. The molecule has 1 saturated carbocycles. The molecule has 1 aliphatic rings. The van der Waals surface area contributed by atoms with Crippen molar-refractivity contribution >= 4 is 17.5 Å². The molecular weight excluding hydrogens is 252 g/mol. The van der Waals surface area contributed by atoms with Crippen LogP contribution >= 0.6 is 11.6 Å². The van der Waals surface area contributed by atoms with Gasteiger partial charge in [-0.2, -0.15) is 15.0 Å². The lowest BCUT2D eigenvalue weighted by Crippen LogP contribution is -2.34. The Morgan fingerprint density at radius 2 is 1.94 bits per heavy atom. The quantitative estimate of drug-likeness (QED) is 0.823. The van der Waals surface area contributed by atoms with Gasteiger partial charge in [0.05, 0.1) is 6.61 Å². The number of nitrogens with zero attached hydrogens (tertiary/aromatic N) is 4. The van der Waals surface area contributed by atoms with Gasteiger partial charge in [0, 0.05) is 12.6 Å². The standard InChI is InChI=1S/C12H19ClN4O/c1-3-17(9-7-5-6-8-9)11-14-10(13)15-12(16-11)18-4-2/h9H,3-8H2,1-2H3. The van der Waals surface area contributed by atoms with Gasteiger partial charge in [0.25, 0.3) is 0 Å². The Balaban J connectivity index is 2.23. The molecule has 0 spiro atoms. The van der Waals surface area contributed by atoms with Gasteiger partial charge in [0.15, 0.2) is 0 Å². The van der Waals surface area contributed by atoms with Crippen LogP contribution in [0.2, 0.25) is 5.28 Å². The van der Waals surface area contributed by atoms with E-state index in [2.05, 4.69) is 26.8 Å². The summed E-state index contributed by atoms with van der Waals surface area (Å²) in [6.45, 7) is 5.40. The maximum absolute atomic E-state index is 5.92. The van der Waals surface area contributed by atoms with Gasteiger partial charge in [0.2, 0.25) is 11.2 Å². The number of halogens is 1. The molecule has 18 heavy (non-hydrogen) atoms. The van der Waals surface area contributed by atoms with E-state index in [0.29, 0.717) is 24.6 Å². The number of ether oxygens (including phenoxy) is 1. The number of hydrogen-bond donors (Lipinski definition) is 0. The van der Waals surface area contributed by atoms with Crippen molar-refractivity contribution in [3.05, 3.63) is 5.28 Å². The Kier molecular flexibility index (Phi) is 4.58. The smallest absolute Gasteiger partial charge is 0.322 e. The van der Waals surface area contributed by atoms with E-state index < -0.39 is 0 Å². The van der Waals surface area contributed by atoms with Gasteiger partial charge in [-0.05, 0) is 38.3 Å². The summed E-state index contributed by atoms with van der Waals surface area (Å²) >= 11 is 5.92. The van der Waals surface area contributed by atoms with Gasteiger partial charge >= 0.3 is 6.01 Å². The molecule has 5 nitrogen and oxygen atoms in total. The zero-order valence-corrected chi connectivity index (χ0v) is 11.7. The predicted molar refractivity (Wildman–Crippen MR) is 71.3 cm³/mol. The largest absolute Gasteiger partial charge is 0.464 e. The second-order valence-corrected chi connectivity index (χ2v) is 4.68. The summed E-state index contributed by atoms with van der Waals surface area (Å²) < 4.78 is 5.31. The number of rotatable bonds is 5. The molecule has 0 bridgehead atoms. The number of hydrogen-bond acceptors (Lipinski definition) is 5. The summed E-state index contributed by atoms with van der Waals surface area (Å²) in [4.78, 5) is 14.7. The highest BCUT2D eigenvalue weighted by molar-refractivity contribution is 6.28. The van der Waals surface area contributed by atoms with Crippen LogP contribution in [0.4, 0.5) is 5.95 Å². The second kappa shape index (κ2) is 6.18. The van der Waals surface area contributed by atoms with Gasteiger partial charge in [-0.25, -0.2) is 0 Å². The Hall–Kier alpha value is -1.10. The van der Waals surface area contributed by atoms with E-state index in [1.165, 1.54) is 25.7 Å². The average Bonchev–Trinajstić information content (AvgIpc) is 2.83. The minimum absolute atomic E-state index is 0.194. The average molecular weight is 271 g/mol. The van der Waals surface area contributed by atoms with E-state index in [0.717, 1.165) is 6.54 Å². The lowest BCUT2D eigenvalue weighted by atomic mass is 10.2. The van der Waals surface area contributed by atoms with Crippen LogP contribution in [-0.2, 0) is 0 Å². The van der Waals surface area contributed by atoms with Crippen LogP contribution in [0.15, 0.2) is 0 Å². The third kappa shape index (κ3) is 3.02. The third-order valence-corrected chi connectivity index (χ3v) is 3.38. The Labute approximate surface area is 113 Å². The van der Waals surface area contributed by atoms with Crippen LogP contribution < -0.4 is 9.64 Å². The summed E-state index contributed by atoms with van der Waals surface area (Å²) in [6.07, 6.45) is 4.94. The fourth-order valence-electron chi connectivity index (χ4n) is 2.42. The van der Waals surface area contributed by atoms with E-state index in [-0.39, 0.29) is 5.28 Å². The minimum atomic E-state index is 0.194. The van der Waals surface area contributed by atoms with E-state index in [9.17, 15) is 0 Å². The fraction of sp³-hybridized carbons (Fsp3) is 0.750. The molecule has 0 aromatic carbocycles. The molecule has 0 aliphatic heterocycles. The van der Waals surface area contributed by atoms with Crippen molar-refractivity contribution in [1.29, 1.82) is 0 Å². The monoisotopic (exact) mass is 270 g/mol. The highest BCUT2D eigenvalue weighted by Gasteiger charge is 2.24. The molecule has 1 aromatic rings. The second-order valence-electron chi connectivity index (χ2n) is 4.34. The lowest BCUT2D eigenvalue weighted by molar-refractivity contribution is 0.311. The summed E-state index contributed by atoms with van der Waals surface area (Å²) in [5, 5.41) is 0.194. The molecule has 0 saturated heterocycles. The van der Waals surface area contributed by atoms with E-state index in [4.69, 9.17) is 16.3 Å². The van der Waals surface area contributed by atoms with Crippen molar-refractivity contribution < 1.29 is 4.74 Å². The first-order chi connectivity index (χ1) is 8.74. The zero-order valence-electron chi connectivity index (χ0n) is 10.9. The van der Waals surface area contributed by atoms with Crippen molar-refractivity contribution in [3.8, 4) is 6.01 Å². The van der Waals surface area contributed by atoms with Gasteiger partial charge in [-0.15, -0.1) is 0 Å². The van der Waals surface area contributed by atoms with Gasteiger partial charge in [0.1, 0.15) is 0 Å². The first-order valence-electron chi connectivity index (χ1n) is 6.55. The normalized spacial score (nSPS) is 15.9. The molecule has 0 atom stereocenters. The van der Waals surface area contributed by atoms with E-state index in [1.807, 2.05) is 6.92 Å². The molecule has 2 rings (SSSR count). The SMILES string of the molecule is CCOc1nc(Cl)nc(N(CC)C2CCCC2)n1. The van der Waals surface area contributed by atoms with Gasteiger partial charge in [-0.1, -0.05) is 12.8 Å². The lowest BCUT2D eigenvalue weighted by Gasteiger charge is -2.27. The van der Waals surface area contributed by atoms with Gasteiger partial charge < -0.3 is 9.64 Å². The first-order valence-corrected chi connectivity index (χ1v) is 6.93. The summed E-state index contributed by atoms with van der Waals surface area (Å²) in [5.74, 6) is 0.632. The van der Waals surface area contributed by atoms with Crippen molar-refractivity contribution in [2.75, 3.05) is 18.1 Å². The molecule has 100 valence electrons. The molecule has 0 radical (unpaired) electrons. The topological polar surface area (TPSA) is 51.1 Å². The van der Waals surface area contributed by atoms with Crippen molar-refractivity contribution in [3.63, 3.8) is 0 Å². The number of anilines is 1. The van der Waals surface area contributed by atoms with Crippen molar-refractivity contribution in [1.82, 2.24) is 15.0 Å². The van der Waals surface area contributed by atoms with Crippen LogP contribution in [0, 0.1) is 0 Å². The molecular formula is C12H19ClN4O.